The van der Waals surface area contributed by atoms with Crippen molar-refractivity contribution in [2.24, 2.45) is 11.7 Å². The molecule has 24 heavy (non-hydrogen) atoms. The first-order valence-electron chi connectivity index (χ1n) is 7.75. The molecule has 1 fully saturated rings. The van der Waals surface area contributed by atoms with Gasteiger partial charge >= 0.3 is 0 Å². The van der Waals surface area contributed by atoms with E-state index < -0.39 is 20.6 Å². The SMILES string of the molecule is Cc1ccc([N+](=O)[O-])c(S(=O)(=O)NC(CN)C2CCCC2)c1C.Cl. The number of nitrogens with two attached hydrogens (primary N) is 1. The second-order valence-corrected chi connectivity index (χ2v) is 7.77. The van der Waals surface area contributed by atoms with Crippen molar-refractivity contribution in [2.45, 2.75) is 50.5 Å². The number of nitrogens with zero attached hydrogens (tertiary/aromatic N) is 1. The number of hydrogen-bond donors (Lipinski definition) is 2. The molecule has 0 saturated heterocycles. The number of nitrogens with one attached hydrogen (secondary N) is 1. The summed E-state index contributed by atoms with van der Waals surface area (Å²) in [7, 11) is -4.01. The van der Waals surface area contributed by atoms with E-state index in [1.165, 1.54) is 6.07 Å². The van der Waals surface area contributed by atoms with Crippen LogP contribution in [0.2, 0.25) is 0 Å². The highest BCUT2D eigenvalue weighted by Gasteiger charge is 2.33. The van der Waals surface area contributed by atoms with Crippen molar-refractivity contribution in [3.05, 3.63) is 33.4 Å². The van der Waals surface area contributed by atoms with Crippen molar-refractivity contribution in [1.29, 1.82) is 0 Å². The number of hydrogen-bond acceptors (Lipinski definition) is 5. The summed E-state index contributed by atoms with van der Waals surface area (Å²) in [5.74, 6) is 0.193. The molecule has 9 heteroatoms. The van der Waals surface area contributed by atoms with Gasteiger partial charge in [-0.25, -0.2) is 13.1 Å². The van der Waals surface area contributed by atoms with Crippen molar-refractivity contribution < 1.29 is 13.3 Å². The minimum absolute atomic E-state index is 0. The molecule has 0 bridgehead atoms. The summed E-state index contributed by atoms with van der Waals surface area (Å²) in [4.78, 5) is 10.3. The predicted octanol–water partition coefficient (Wildman–Crippen LogP) is 2.43. The van der Waals surface area contributed by atoms with Gasteiger partial charge in [0.1, 0.15) is 0 Å². The van der Waals surface area contributed by atoms with Gasteiger partial charge in [0, 0.05) is 18.7 Å². The number of nitro benzene ring substituents is 1. The molecule has 136 valence electrons. The van der Waals surface area contributed by atoms with Gasteiger partial charge in [0.25, 0.3) is 5.69 Å². The Morgan fingerprint density at radius 2 is 1.92 bits per heavy atom. The van der Waals surface area contributed by atoms with E-state index in [9.17, 15) is 18.5 Å². The summed E-state index contributed by atoms with van der Waals surface area (Å²) in [6, 6.07) is 2.41. The van der Waals surface area contributed by atoms with Crippen LogP contribution < -0.4 is 10.5 Å². The summed E-state index contributed by atoms with van der Waals surface area (Å²) < 4.78 is 28.2. The molecule has 0 radical (unpaired) electrons. The monoisotopic (exact) mass is 377 g/mol. The molecule has 0 spiro atoms. The van der Waals surface area contributed by atoms with Crippen LogP contribution in [0.25, 0.3) is 0 Å². The van der Waals surface area contributed by atoms with Gasteiger partial charge in [0.05, 0.1) is 4.92 Å². The molecule has 1 atom stereocenters. The standard InChI is InChI=1S/C15H23N3O4S.ClH/c1-10-7-8-14(18(19)20)15(11(10)2)23(21,22)17-13(9-16)12-5-3-4-6-12;/h7-8,12-13,17H,3-6,9,16H2,1-2H3;1H. The van der Waals surface area contributed by atoms with Gasteiger partial charge in [-0.3, -0.25) is 10.1 Å². The molecule has 0 aliphatic heterocycles. The maximum Gasteiger partial charge on any atom is 0.289 e. The highest BCUT2D eigenvalue weighted by atomic mass is 35.5. The molecule has 3 N–H and O–H groups in total. The number of nitro groups is 1. The highest BCUT2D eigenvalue weighted by Crippen LogP contribution is 2.32. The zero-order chi connectivity index (χ0) is 17.2. The Bertz CT molecular complexity index is 703. The van der Waals surface area contributed by atoms with Crippen LogP contribution in [-0.2, 0) is 10.0 Å². The lowest BCUT2D eigenvalue weighted by Gasteiger charge is -2.23. The quantitative estimate of drug-likeness (QED) is 0.583. The molecule has 0 amide bonds. The summed E-state index contributed by atoms with van der Waals surface area (Å²) in [5.41, 5.74) is 6.44. The maximum atomic E-state index is 12.8. The van der Waals surface area contributed by atoms with E-state index in [0.717, 1.165) is 25.7 Å². The largest absolute Gasteiger partial charge is 0.329 e. The van der Waals surface area contributed by atoms with Crippen LogP contribution in [0.5, 0.6) is 0 Å². The highest BCUT2D eigenvalue weighted by molar-refractivity contribution is 7.89. The fourth-order valence-electron chi connectivity index (χ4n) is 3.21. The van der Waals surface area contributed by atoms with Crippen LogP contribution >= 0.6 is 12.4 Å². The molecule has 7 nitrogen and oxygen atoms in total. The van der Waals surface area contributed by atoms with Gasteiger partial charge in [-0.05, 0) is 43.7 Å². The summed E-state index contributed by atoms with van der Waals surface area (Å²) >= 11 is 0. The van der Waals surface area contributed by atoms with E-state index in [1.807, 2.05) is 0 Å². The fraction of sp³-hybridized carbons (Fsp3) is 0.600. The van der Waals surface area contributed by atoms with Gasteiger partial charge in [-0.2, -0.15) is 0 Å². The Kier molecular flexibility index (Phi) is 7.15. The Morgan fingerprint density at radius 1 is 1.33 bits per heavy atom. The number of rotatable bonds is 6. The fourth-order valence-corrected chi connectivity index (χ4v) is 5.00. The molecule has 0 aromatic heterocycles. The minimum atomic E-state index is -4.01. The average Bonchev–Trinajstić information content (AvgIpc) is 3.01. The van der Waals surface area contributed by atoms with Crippen LogP contribution in [0.1, 0.15) is 36.8 Å². The molecule has 0 heterocycles. The van der Waals surface area contributed by atoms with Gasteiger partial charge in [-0.1, -0.05) is 18.9 Å². The Balaban J connectivity index is 0.00000288. The second kappa shape index (κ2) is 8.24. The Hall–Kier alpha value is -1.22. The lowest BCUT2D eigenvalue weighted by atomic mass is 9.99. The molecule has 1 aromatic carbocycles. The van der Waals surface area contributed by atoms with Crippen molar-refractivity contribution >= 4 is 28.1 Å². The molecular formula is C15H24ClN3O4S. The van der Waals surface area contributed by atoms with E-state index in [2.05, 4.69) is 4.72 Å². The van der Waals surface area contributed by atoms with Crippen molar-refractivity contribution in [3.8, 4) is 0 Å². The average molecular weight is 378 g/mol. The van der Waals surface area contributed by atoms with E-state index in [-0.39, 0.29) is 35.8 Å². The second-order valence-electron chi connectivity index (χ2n) is 6.12. The molecule has 1 aromatic rings. The summed E-state index contributed by atoms with van der Waals surface area (Å²) in [6.45, 7) is 3.50. The minimum Gasteiger partial charge on any atom is -0.329 e. The van der Waals surface area contributed by atoms with Gasteiger partial charge in [-0.15, -0.1) is 12.4 Å². The van der Waals surface area contributed by atoms with Gasteiger partial charge < -0.3 is 5.73 Å². The van der Waals surface area contributed by atoms with Crippen LogP contribution in [-0.4, -0.2) is 25.9 Å². The molecule has 1 unspecified atom stereocenters. The van der Waals surface area contributed by atoms with Crippen molar-refractivity contribution in [1.82, 2.24) is 4.72 Å². The zero-order valence-electron chi connectivity index (χ0n) is 13.8. The predicted molar refractivity (Wildman–Crippen MR) is 94.9 cm³/mol. The normalized spacial score (nSPS) is 16.6. The summed E-state index contributed by atoms with van der Waals surface area (Å²) in [6.07, 6.45) is 3.98. The first kappa shape index (κ1) is 20.8. The molecular weight excluding hydrogens is 354 g/mol. The molecule has 1 aliphatic rings. The number of benzene rings is 1. The number of halogens is 1. The van der Waals surface area contributed by atoms with Crippen LogP contribution in [0.3, 0.4) is 0 Å². The van der Waals surface area contributed by atoms with E-state index in [4.69, 9.17) is 5.73 Å². The third-order valence-electron chi connectivity index (χ3n) is 4.65. The number of aryl methyl sites for hydroxylation is 1. The van der Waals surface area contributed by atoms with E-state index >= 15 is 0 Å². The Labute approximate surface area is 148 Å². The topological polar surface area (TPSA) is 115 Å². The first-order valence-corrected chi connectivity index (χ1v) is 9.23. The van der Waals surface area contributed by atoms with Crippen molar-refractivity contribution in [3.63, 3.8) is 0 Å². The Morgan fingerprint density at radius 3 is 2.42 bits per heavy atom. The lowest BCUT2D eigenvalue weighted by Crippen LogP contribution is -2.44. The van der Waals surface area contributed by atoms with Crippen LogP contribution in [0.4, 0.5) is 5.69 Å². The van der Waals surface area contributed by atoms with E-state index in [0.29, 0.717) is 11.1 Å². The van der Waals surface area contributed by atoms with Crippen molar-refractivity contribution in [2.75, 3.05) is 6.54 Å². The van der Waals surface area contributed by atoms with Crippen LogP contribution in [0, 0.1) is 29.9 Å². The smallest absolute Gasteiger partial charge is 0.289 e. The van der Waals surface area contributed by atoms with E-state index in [1.54, 1.807) is 19.9 Å². The lowest BCUT2D eigenvalue weighted by molar-refractivity contribution is -0.387. The van der Waals surface area contributed by atoms with Crippen LogP contribution in [0.15, 0.2) is 17.0 Å². The third-order valence-corrected chi connectivity index (χ3v) is 6.32. The molecule has 2 rings (SSSR count). The molecule has 1 aliphatic carbocycles. The molecule has 1 saturated carbocycles. The maximum absolute atomic E-state index is 12.8. The van der Waals surface area contributed by atoms with Gasteiger partial charge in [0.2, 0.25) is 10.0 Å². The first-order chi connectivity index (χ1) is 10.8. The number of sulfonamides is 1. The third kappa shape index (κ3) is 4.24. The van der Waals surface area contributed by atoms with Gasteiger partial charge in [0.15, 0.2) is 4.90 Å². The zero-order valence-corrected chi connectivity index (χ0v) is 15.5. The summed E-state index contributed by atoms with van der Waals surface area (Å²) in [5, 5.41) is 11.2.